The number of carbonyl (C=O) groups is 1. The number of rotatable bonds is 3. The lowest BCUT2D eigenvalue weighted by atomic mass is 9.64. The van der Waals surface area contributed by atoms with Crippen LogP contribution in [-0.4, -0.2) is 20.6 Å². The minimum Gasteiger partial charge on any atom is -0.501 e. The second kappa shape index (κ2) is 6.43. The molecule has 1 amide bonds. The molecule has 0 unspecified atom stereocenters. The van der Waals surface area contributed by atoms with Crippen LogP contribution in [0.3, 0.4) is 0 Å². The molecule has 2 aromatic rings. The predicted molar refractivity (Wildman–Crippen MR) is 97.5 cm³/mol. The van der Waals surface area contributed by atoms with Gasteiger partial charge in [-0.25, -0.2) is 4.98 Å². The van der Waals surface area contributed by atoms with Gasteiger partial charge >= 0.3 is 0 Å². The number of hydrogen-bond acceptors (Lipinski definition) is 4. The minimum absolute atomic E-state index is 0.101. The van der Waals surface area contributed by atoms with E-state index >= 15 is 0 Å². The molecule has 1 aliphatic carbocycles. The van der Waals surface area contributed by atoms with Gasteiger partial charge < -0.3 is 10.4 Å². The van der Waals surface area contributed by atoms with E-state index in [9.17, 15) is 14.7 Å². The Kier molecular flexibility index (Phi) is 4.23. The normalized spacial score (nSPS) is 17.4. The summed E-state index contributed by atoms with van der Waals surface area (Å²) in [6.45, 7) is 0.809. The van der Waals surface area contributed by atoms with Gasteiger partial charge in [0.25, 0.3) is 11.5 Å². The van der Waals surface area contributed by atoms with Crippen molar-refractivity contribution < 1.29 is 9.90 Å². The number of benzene rings is 1. The highest BCUT2D eigenvalue weighted by molar-refractivity contribution is 6.30. The van der Waals surface area contributed by atoms with E-state index in [4.69, 9.17) is 11.6 Å². The molecule has 6 nitrogen and oxygen atoms in total. The molecule has 1 fully saturated rings. The fourth-order valence-electron chi connectivity index (χ4n) is 3.95. The Bertz CT molecular complexity index is 917. The SMILES string of the molecule is O=C(NCc1ccc(Cl)cc1)c1nc2n(c(=O)c1O)CCCC21CCC1. The lowest BCUT2D eigenvalue weighted by Crippen LogP contribution is -2.45. The van der Waals surface area contributed by atoms with Gasteiger partial charge in [-0.3, -0.25) is 14.2 Å². The van der Waals surface area contributed by atoms with Crippen molar-refractivity contribution in [2.45, 2.75) is 50.6 Å². The number of hydrogen-bond donors (Lipinski definition) is 2. The molecule has 136 valence electrons. The summed E-state index contributed by atoms with van der Waals surface area (Å²) in [6, 6.07) is 7.09. The number of carbonyl (C=O) groups excluding carboxylic acids is 1. The van der Waals surface area contributed by atoms with E-state index in [1.165, 1.54) is 0 Å². The van der Waals surface area contributed by atoms with E-state index in [1.807, 2.05) is 0 Å². The van der Waals surface area contributed by atoms with Crippen molar-refractivity contribution in [2.75, 3.05) is 0 Å². The molecule has 0 saturated heterocycles. The second-order valence-electron chi connectivity index (χ2n) is 7.14. The molecule has 7 heteroatoms. The molecular weight excluding hydrogens is 354 g/mol. The van der Waals surface area contributed by atoms with Crippen LogP contribution in [0, 0.1) is 0 Å². The minimum atomic E-state index is -0.571. The van der Waals surface area contributed by atoms with Crippen LogP contribution in [0.1, 0.15) is 54.0 Å². The van der Waals surface area contributed by atoms with E-state index in [-0.39, 0.29) is 17.7 Å². The van der Waals surface area contributed by atoms with Crippen molar-refractivity contribution >= 4 is 17.5 Å². The maximum Gasteiger partial charge on any atom is 0.296 e. The molecule has 1 saturated carbocycles. The van der Waals surface area contributed by atoms with Crippen molar-refractivity contribution in [2.24, 2.45) is 0 Å². The molecule has 1 aromatic carbocycles. The molecule has 1 spiro atoms. The van der Waals surface area contributed by atoms with Crippen LogP contribution in [0.4, 0.5) is 0 Å². The van der Waals surface area contributed by atoms with Crippen molar-refractivity contribution in [3.05, 3.63) is 56.7 Å². The van der Waals surface area contributed by atoms with Gasteiger partial charge in [0.2, 0.25) is 5.75 Å². The molecule has 0 radical (unpaired) electrons. The highest BCUT2D eigenvalue weighted by Crippen LogP contribution is 2.48. The smallest absolute Gasteiger partial charge is 0.296 e. The fourth-order valence-corrected chi connectivity index (χ4v) is 4.07. The highest BCUT2D eigenvalue weighted by atomic mass is 35.5. The van der Waals surface area contributed by atoms with Gasteiger partial charge in [0.05, 0.1) is 0 Å². The summed E-state index contributed by atoms with van der Waals surface area (Å²) < 4.78 is 1.55. The largest absolute Gasteiger partial charge is 0.501 e. The number of halogens is 1. The predicted octanol–water partition coefficient (Wildman–Crippen LogP) is 2.75. The monoisotopic (exact) mass is 373 g/mol. The van der Waals surface area contributed by atoms with Gasteiger partial charge in [-0.15, -0.1) is 0 Å². The molecular formula is C19H20ClN3O3. The summed E-state index contributed by atoms with van der Waals surface area (Å²) in [5.41, 5.74) is 0.0736. The van der Waals surface area contributed by atoms with E-state index in [2.05, 4.69) is 10.3 Å². The number of fused-ring (bicyclic) bond motifs is 2. The topological polar surface area (TPSA) is 84.2 Å². The molecule has 2 N–H and O–H groups in total. The van der Waals surface area contributed by atoms with E-state index in [0.29, 0.717) is 17.4 Å². The Labute approximate surface area is 155 Å². The zero-order valence-corrected chi connectivity index (χ0v) is 15.1. The third-order valence-corrected chi connectivity index (χ3v) is 5.80. The molecule has 2 aliphatic rings. The molecule has 4 rings (SSSR count). The molecule has 1 aliphatic heterocycles. The van der Waals surface area contributed by atoms with Crippen LogP contribution in [0.15, 0.2) is 29.1 Å². The van der Waals surface area contributed by atoms with Crippen LogP contribution in [0.25, 0.3) is 0 Å². The van der Waals surface area contributed by atoms with Gasteiger partial charge in [-0.05, 0) is 43.4 Å². The second-order valence-corrected chi connectivity index (χ2v) is 7.57. The number of nitrogens with zero attached hydrogens (tertiary/aromatic N) is 2. The summed E-state index contributed by atoms with van der Waals surface area (Å²) in [5, 5.41) is 13.6. The zero-order chi connectivity index (χ0) is 18.3. The molecule has 26 heavy (non-hydrogen) atoms. The van der Waals surface area contributed by atoms with Crippen molar-refractivity contribution in [1.82, 2.24) is 14.9 Å². The maximum atomic E-state index is 12.6. The molecule has 0 atom stereocenters. The van der Waals surface area contributed by atoms with Crippen LogP contribution in [-0.2, 0) is 18.5 Å². The van der Waals surface area contributed by atoms with E-state index < -0.39 is 17.2 Å². The van der Waals surface area contributed by atoms with Crippen molar-refractivity contribution in [3.63, 3.8) is 0 Å². The first-order valence-corrected chi connectivity index (χ1v) is 9.25. The van der Waals surface area contributed by atoms with Crippen LogP contribution in [0.5, 0.6) is 5.75 Å². The number of amides is 1. The summed E-state index contributed by atoms with van der Waals surface area (Å²) in [7, 11) is 0. The lowest BCUT2D eigenvalue weighted by Gasteiger charge is -2.45. The third-order valence-electron chi connectivity index (χ3n) is 5.55. The first kappa shape index (κ1) is 17.1. The summed E-state index contributed by atoms with van der Waals surface area (Å²) in [6.07, 6.45) is 4.95. The summed E-state index contributed by atoms with van der Waals surface area (Å²) >= 11 is 5.85. The van der Waals surface area contributed by atoms with Gasteiger partial charge in [0.1, 0.15) is 5.82 Å². The Morgan fingerprint density at radius 3 is 2.58 bits per heavy atom. The number of aromatic nitrogens is 2. The average Bonchev–Trinajstić information content (AvgIpc) is 2.62. The molecule has 2 heterocycles. The maximum absolute atomic E-state index is 12.6. The first-order chi connectivity index (χ1) is 12.5. The first-order valence-electron chi connectivity index (χ1n) is 8.87. The summed E-state index contributed by atoms with van der Waals surface area (Å²) in [4.78, 5) is 29.6. The van der Waals surface area contributed by atoms with E-state index in [1.54, 1.807) is 28.8 Å². The van der Waals surface area contributed by atoms with Crippen LogP contribution in [0.2, 0.25) is 5.02 Å². The van der Waals surface area contributed by atoms with Gasteiger partial charge in [0, 0.05) is 23.5 Å². The van der Waals surface area contributed by atoms with Crippen molar-refractivity contribution in [3.8, 4) is 5.75 Å². The summed E-state index contributed by atoms with van der Waals surface area (Å²) in [5.74, 6) is -0.453. The number of nitrogens with one attached hydrogen (secondary N) is 1. The Balaban J connectivity index is 1.63. The van der Waals surface area contributed by atoms with Crippen LogP contribution >= 0.6 is 11.6 Å². The zero-order valence-electron chi connectivity index (χ0n) is 14.3. The standard InChI is InChI=1S/C19H20ClN3O3/c20-13-5-3-12(4-6-13)11-21-16(25)14-15(24)17(26)23-10-2-9-19(7-1-8-19)18(23)22-14/h3-6,24H,1-2,7-11H2,(H,21,25). The Morgan fingerprint density at radius 1 is 1.23 bits per heavy atom. The third kappa shape index (κ3) is 2.78. The molecule has 1 aromatic heterocycles. The van der Waals surface area contributed by atoms with Gasteiger partial charge in [-0.1, -0.05) is 30.2 Å². The fraction of sp³-hybridized carbons (Fsp3) is 0.421. The van der Waals surface area contributed by atoms with E-state index in [0.717, 1.165) is 37.7 Å². The Morgan fingerprint density at radius 2 is 1.92 bits per heavy atom. The highest BCUT2D eigenvalue weighted by Gasteiger charge is 2.44. The average molecular weight is 374 g/mol. The van der Waals surface area contributed by atoms with Crippen LogP contribution < -0.4 is 10.9 Å². The quantitative estimate of drug-likeness (QED) is 0.866. The number of aromatic hydroxyl groups is 1. The van der Waals surface area contributed by atoms with Crippen molar-refractivity contribution in [1.29, 1.82) is 0 Å². The van der Waals surface area contributed by atoms with Gasteiger partial charge in [0.15, 0.2) is 5.69 Å². The molecule has 0 bridgehead atoms. The Hall–Kier alpha value is -2.34. The van der Waals surface area contributed by atoms with Gasteiger partial charge in [-0.2, -0.15) is 0 Å². The lowest BCUT2D eigenvalue weighted by molar-refractivity contribution is 0.0938.